The number of nitrogens with zero attached hydrogens (tertiary/aromatic N) is 1. The maximum absolute atomic E-state index is 12.5. The number of carbonyl (C=O) groups excluding carboxylic acids is 2. The molecule has 0 fully saturated rings. The summed E-state index contributed by atoms with van der Waals surface area (Å²) in [5.74, 6) is 0.720. The van der Waals surface area contributed by atoms with Crippen LogP contribution in [-0.4, -0.2) is 37.3 Å². The number of aromatic nitrogens is 1. The number of methoxy groups -OCH3 is 2. The number of nitrogens with one attached hydrogen (secondary N) is 1. The standard InChI is InChI=1S/C26H30N2O5/c1-5-33-26(30)21-17-22(19-10-7-6-8-11-19)28(18(21)2)15-9-12-25(29)27-20-13-14-23(31-3)24(16-20)32-4/h6-8,10-11,13-14,16-17H,5,9,12,15H2,1-4H3,(H,27,29). The minimum atomic E-state index is -0.336. The third-order valence-electron chi connectivity index (χ3n) is 5.38. The van der Waals surface area contributed by atoms with Gasteiger partial charge in [-0.3, -0.25) is 4.79 Å². The molecule has 0 aliphatic heterocycles. The highest BCUT2D eigenvalue weighted by atomic mass is 16.5. The molecule has 0 spiro atoms. The first-order chi connectivity index (χ1) is 16.0. The lowest BCUT2D eigenvalue weighted by Crippen LogP contribution is -2.13. The fourth-order valence-electron chi connectivity index (χ4n) is 3.73. The fourth-order valence-corrected chi connectivity index (χ4v) is 3.73. The lowest BCUT2D eigenvalue weighted by atomic mass is 10.1. The Hall–Kier alpha value is -3.74. The SMILES string of the molecule is CCOC(=O)c1cc(-c2ccccc2)n(CCCC(=O)Nc2ccc(OC)c(OC)c2)c1C. The summed E-state index contributed by atoms with van der Waals surface area (Å²) in [6, 6.07) is 17.0. The second-order valence-corrected chi connectivity index (χ2v) is 7.49. The van der Waals surface area contributed by atoms with Gasteiger partial charge in [-0.15, -0.1) is 0 Å². The van der Waals surface area contributed by atoms with Crippen LogP contribution in [0.4, 0.5) is 5.69 Å². The molecular formula is C26H30N2O5. The molecule has 0 saturated heterocycles. The zero-order valence-corrected chi connectivity index (χ0v) is 19.5. The molecule has 7 heteroatoms. The number of amides is 1. The van der Waals surface area contributed by atoms with Gasteiger partial charge in [0, 0.05) is 36.1 Å². The second kappa shape index (κ2) is 11.2. The summed E-state index contributed by atoms with van der Waals surface area (Å²) in [5, 5.41) is 2.90. The average molecular weight is 451 g/mol. The Bertz CT molecular complexity index is 1110. The van der Waals surface area contributed by atoms with Gasteiger partial charge in [0.15, 0.2) is 11.5 Å². The highest BCUT2D eigenvalue weighted by Crippen LogP contribution is 2.30. The normalized spacial score (nSPS) is 10.5. The van der Waals surface area contributed by atoms with E-state index in [2.05, 4.69) is 9.88 Å². The predicted molar refractivity (Wildman–Crippen MR) is 128 cm³/mol. The summed E-state index contributed by atoms with van der Waals surface area (Å²) in [4.78, 5) is 25.0. The first-order valence-electron chi connectivity index (χ1n) is 10.9. The quantitative estimate of drug-likeness (QED) is 0.436. The van der Waals surface area contributed by atoms with Gasteiger partial charge < -0.3 is 24.1 Å². The van der Waals surface area contributed by atoms with Crippen LogP contribution in [0.15, 0.2) is 54.6 Å². The Labute approximate surface area is 194 Å². The number of esters is 1. The first-order valence-corrected chi connectivity index (χ1v) is 10.9. The maximum atomic E-state index is 12.5. The van der Waals surface area contributed by atoms with Crippen LogP contribution in [0.25, 0.3) is 11.3 Å². The molecule has 33 heavy (non-hydrogen) atoms. The van der Waals surface area contributed by atoms with E-state index in [1.165, 1.54) is 0 Å². The van der Waals surface area contributed by atoms with E-state index in [-0.39, 0.29) is 11.9 Å². The summed E-state index contributed by atoms with van der Waals surface area (Å²) >= 11 is 0. The van der Waals surface area contributed by atoms with E-state index in [1.807, 2.05) is 43.3 Å². The monoisotopic (exact) mass is 450 g/mol. The van der Waals surface area contributed by atoms with E-state index in [0.29, 0.717) is 48.7 Å². The van der Waals surface area contributed by atoms with Crippen LogP contribution in [0.5, 0.6) is 11.5 Å². The Morgan fingerprint density at radius 3 is 2.36 bits per heavy atom. The van der Waals surface area contributed by atoms with Crippen molar-refractivity contribution >= 4 is 17.6 Å². The predicted octanol–water partition coefficient (Wildman–Crippen LogP) is 5.08. The summed E-state index contributed by atoms with van der Waals surface area (Å²) in [7, 11) is 3.12. The van der Waals surface area contributed by atoms with Crippen molar-refractivity contribution in [2.24, 2.45) is 0 Å². The van der Waals surface area contributed by atoms with Crippen molar-refractivity contribution < 1.29 is 23.8 Å². The van der Waals surface area contributed by atoms with Crippen LogP contribution >= 0.6 is 0 Å². The summed E-state index contributed by atoms with van der Waals surface area (Å²) in [6.07, 6.45) is 0.936. The van der Waals surface area contributed by atoms with Crippen molar-refractivity contribution in [3.63, 3.8) is 0 Å². The number of rotatable bonds is 10. The second-order valence-electron chi connectivity index (χ2n) is 7.49. The first kappa shape index (κ1) is 23.9. The molecule has 0 atom stereocenters. The highest BCUT2D eigenvalue weighted by molar-refractivity contribution is 5.93. The summed E-state index contributed by atoms with van der Waals surface area (Å²) < 4.78 is 17.8. The average Bonchev–Trinajstić information content (AvgIpc) is 3.16. The van der Waals surface area contributed by atoms with Crippen LogP contribution in [0.3, 0.4) is 0 Å². The van der Waals surface area contributed by atoms with E-state index >= 15 is 0 Å². The zero-order chi connectivity index (χ0) is 23.8. The Kier molecular flexibility index (Phi) is 8.13. The highest BCUT2D eigenvalue weighted by Gasteiger charge is 2.19. The molecule has 0 aliphatic rings. The fraction of sp³-hybridized carbons (Fsp3) is 0.308. The molecule has 1 N–H and O–H groups in total. The summed E-state index contributed by atoms with van der Waals surface area (Å²) in [5.41, 5.74) is 3.95. The number of anilines is 1. The van der Waals surface area contributed by atoms with Crippen molar-refractivity contribution in [2.75, 3.05) is 26.1 Å². The number of benzene rings is 2. The van der Waals surface area contributed by atoms with Crippen LogP contribution in [0, 0.1) is 6.92 Å². The molecule has 2 aromatic carbocycles. The number of hydrogen-bond acceptors (Lipinski definition) is 5. The topological polar surface area (TPSA) is 78.8 Å². The van der Waals surface area contributed by atoms with Crippen molar-refractivity contribution in [3.8, 4) is 22.8 Å². The molecule has 1 heterocycles. The molecule has 1 amide bonds. The maximum Gasteiger partial charge on any atom is 0.339 e. The van der Waals surface area contributed by atoms with E-state index in [0.717, 1.165) is 17.0 Å². The van der Waals surface area contributed by atoms with Crippen LogP contribution in [-0.2, 0) is 16.1 Å². The van der Waals surface area contributed by atoms with Crippen LogP contribution in [0.2, 0.25) is 0 Å². The van der Waals surface area contributed by atoms with E-state index in [9.17, 15) is 9.59 Å². The molecule has 0 saturated carbocycles. The van der Waals surface area contributed by atoms with Gasteiger partial charge in [-0.1, -0.05) is 30.3 Å². The third kappa shape index (κ3) is 5.74. The van der Waals surface area contributed by atoms with Crippen molar-refractivity contribution in [1.29, 1.82) is 0 Å². The Balaban J connectivity index is 1.71. The molecular weight excluding hydrogens is 420 g/mol. The van der Waals surface area contributed by atoms with Gasteiger partial charge in [-0.25, -0.2) is 4.79 Å². The van der Waals surface area contributed by atoms with Crippen LogP contribution < -0.4 is 14.8 Å². The van der Waals surface area contributed by atoms with Gasteiger partial charge in [-0.05, 0) is 44.0 Å². The van der Waals surface area contributed by atoms with Gasteiger partial charge in [0.2, 0.25) is 5.91 Å². The van der Waals surface area contributed by atoms with E-state index < -0.39 is 0 Å². The minimum absolute atomic E-state index is 0.0982. The summed E-state index contributed by atoms with van der Waals surface area (Å²) in [6.45, 7) is 4.61. The Morgan fingerprint density at radius 1 is 0.970 bits per heavy atom. The molecule has 174 valence electrons. The van der Waals surface area contributed by atoms with Crippen LogP contribution in [0.1, 0.15) is 35.8 Å². The molecule has 7 nitrogen and oxygen atoms in total. The van der Waals surface area contributed by atoms with E-state index in [1.54, 1.807) is 39.3 Å². The number of ether oxygens (including phenoxy) is 3. The zero-order valence-electron chi connectivity index (χ0n) is 19.5. The van der Waals surface area contributed by atoms with E-state index in [4.69, 9.17) is 14.2 Å². The molecule has 0 radical (unpaired) electrons. The molecule has 0 unspecified atom stereocenters. The molecule has 1 aromatic heterocycles. The minimum Gasteiger partial charge on any atom is -0.493 e. The van der Waals surface area contributed by atoms with Gasteiger partial charge in [-0.2, -0.15) is 0 Å². The molecule has 3 rings (SSSR count). The van der Waals surface area contributed by atoms with Gasteiger partial charge >= 0.3 is 5.97 Å². The lowest BCUT2D eigenvalue weighted by Gasteiger charge is -2.13. The van der Waals surface area contributed by atoms with Crippen molar-refractivity contribution in [1.82, 2.24) is 4.57 Å². The molecule has 0 bridgehead atoms. The lowest BCUT2D eigenvalue weighted by molar-refractivity contribution is -0.116. The molecule has 3 aromatic rings. The van der Waals surface area contributed by atoms with Gasteiger partial charge in [0.1, 0.15) is 0 Å². The largest absolute Gasteiger partial charge is 0.493 e. The number of hydrogen-bond donors (Lipinski definition) is 1. The molecule has 0 aliphatic carbocycles. The van der Waals surface area contributed by atoms with Crippen molar-refractivity contribution in [2.45, 2.75) is 33.2 Å². The van der Waals surface area contributed by atoms with Gasteiger partial charge in [0.25, 0.3) is 0 Å². The third-order valence-corrected chi connectivity index (χ3v) is 5.38. The van der Waals surface area contributed by atoms with Crippen molar-refractivity contribution in [3.05, 3.63) is 65.9 Å². The Morgan fingerprint density at radius 2 is 1.70 bits per heavy atom. The van der Waals surface area contributed by atoms with Gasteiger partial charge in [0.05, 0.1) is 26.4 Å². The smallest absolute Gasteiger partial charge is 0.339 e. The number of carbonyl (C=O) groups is 2.